The van der Waals surface area contributed by atoms with Gasteiger partial charge in [0.2, 0.25) is 0 Å². The van der Waals surface area contributed by atoms with Crippen molar-refractivity contribution in [2.75, 3.05) is 25.0 Å². The van der Waals surface area contributed by atoms with Gasteiger partial charge in [-0.05, 0) is 25.0 Å². The van der Waals surface area contributed by atoms with Gasteiger partial charge < -0.3 is 0 Å². The van der Waals surface area contributed by atoms with E-state index in [0.29, 0.717) is 0 Å². The van der Waals surface area contributed by atoms with Gasteiger partial charge >= 0.3 is 0 Å². The zero-order valence-corrected chi connectivity index (χ0v) is 19.4. The van der Waals surface area contributed by atoms with Gasteiger partial charge in [0.25, 0.3) is 0 Å². The molecular weight excluding hydrogens is 332 g/mol. The Kier molecular flexibility index (Phi) is 7.58. The Balaban J connectivity index is 6.85. The van der Waals surface area contributed by atoms with Gasteiger partial charge in [-0.2, -0.15) is 47.0 Å². The molecule has 128 valence electrons. The van der Waals surface area contributed by atoms with Gasteiger partial charge in [0.1, 0.15) is 0 Å². The molecule has 0 amide bonds. The highest BCUT2D eigenvalue weighted by Crippen LogP contribution is 2.69. The van der Waals surface area contributed by atoms with E-state index in [1.165, 1.54) is 0 Å². The summed E-state index contributed by atoms with van der Waals surface area (Å²) in [5.74, 6) is 0. The van der Waals surface area contributed by atoms with Gasteiger partial charge in [-0.15, -0.1) is 0 Å². The molecule has 21 heavy (non-hydrogen) atoms. The molecule has 0 aliphatic rings. The van der Waals surface area contributed by atoms with Crippen LogP contribution in [0.4, 0.5) is 0 Å². The smallest absolute Gasteiger partial charge is 0.0269 e. The lowest BCUT2D eigenvalue weighted by atomic mass is 9.54. The van der Waals surface area contributed by atoms with Crippen molar-refractivity contribution in [3.63, 3.8) is 0 Å². The van der Waals surface area contributed by atoms with E-state index in [-0.39, 0.29) is 24.4 Å². The Labute approximate surface area is 151 Å². The lowest BCUT2D eigenvalue weighted by Gasteiger charge is -2.68. The quantitative estimate of drug-likeness (QED) is 0.477. The second kappa shape index (κ2) is 7.11. The van der Waals surface area contributed by atoms with Crippen LogP contribution < -0.4 is 0 Å². The fourth-order valence-electron chi connectivity index (χ4n) is 4.96. The number of hydrogen-bond donors (Lipinski definition) is 0. The molecule has 0 bridgehead atoms. The monoisotopic (exact) mass is 368 g/mol. The number of thioether (sulfide) groups is 4. The van der Waals surface area contributed by atoms with Crippen LogP contribution >= 0.6 is 47.0 Å². The molecule has 0 aromatic rings. The minimum absolute atomic E-state index is 0.137. The predicted molar refractivity (Wildman–Crippen MR) is 113 cm³/mol. The molecule has 0 aromatic carbocycles. The molecule has 0 rings (SSSR count). The summed E-state index contributed by atoms with van der Waals surface area (Å²) in [6, 6.07) is 0. The summed E-state index contributed by atoms with van der Waals surface area (Å²) in [6.45, 7) is 19.6. The van der Waals surface area contributed by atoms with Crippen LogP contribution in [0.3, 0.4) is 0 Å². The van der Waals surface area contributed by atoms with E-state index in [2.05, 4.69) is 80.4 Å². The molecule has 0 aromatic heterocycles. The molecule has 0 fully saturated rings. The van der Waals surface area contributed by atoms with E-state index in [0.717, 1.165) is 0 Å². The second-order valence-corrected chi connectivity index (χ2v) is 13.3. The van der Waals surface area contributed by atoms with Crippen LogP contribution in [-0.2, 0) is 0 Å². The van der Waals surface area contributed by atoms with Gasteiger partial charge in [0.05, 0.1) is 0 Å². The minimum atomic E-state index is 0.137. The third-order valence-electron chi connectivity index (χ3n) is 5.65. The molecule has 0 aliphatic heterocycles. The van der Waals surface area contributed by atoms with Crippen molar-refractivity contribution in [1.29, 1.82) is 0 Å². The second-order valence-electron chi connectivity index (χ2n) is 7.61. The van der Waals surface area contributed by atoms with Crippen molar-refractivity contribution in [3.8, 4) is 0 Å². The molecule has 0 unspecified atom stereocenters. The first-order valence-corrected chi connectivity index (χ1v) is 12.3. The Hall–Kier alpha value is 1.40. The van der Waals surface area contributed by atoms with E-state index in [4.69, 9.17) is 0 Å². The highest BCUT2D eigenvalue weighted by atomic mass is 32.2. The summed E-state index contributed by atoms with van der Waals surface area (Å²) in [7, 11) is 0. The lowest BCUT2D eigenvalue weighted by molar-refractivity contribution is 0.0748. The van der Waals surface area contributed by atoms with E-state index >= 15 is 0 Å². The zero-order chi connectivity index (χ0) is 17.3. The summed E-state index contributed by atoms with van der Waals surface area (Å²) in [5.41, 5.74) is 0.137. The Bertz CT molecular complexity index is 273. The van der Waals surface area contributed by atoms with Gasteiger partial charge in [0.15, 0.2) is 0 Å². The fraction of sp³-hybridized carbons (Fsp3) is 1.00. The van der Waals surface area contributed by atoms with Crippen molar-refractivity contribution in [3.05, 3.63) is 0 Å². The molecule has 0 heterocycles. The first-order valence-electron chi connectivity index (χ1n) is 7.45. The minimum Gasteiger partial charge on any atom is -0.158 e. The van der Waals surface area contributed by atoms with Crippen molar-refractivity contribution in [1.82, 2.24) is 0 Å². The van der Waals surface area contributed by atoms with Crippen LogP contribution in [0.5, 0.6) is 0 Å². The third-order valence-corrected chi connectivity index (χ3v) is 11.0. The topological polar surface area (TPSA) is 0 Å². The summed E-state index contributed by atoms with van der Waals surface area (Å²) in [5, 5.41) is 0. The zero-order valence-electron chi connectivity index (χ0n) is 16.1. The maximum Gasteiger partial charge on any atom is 0.0269 e. The van der Waals surface area contributed by atoms with Crippen LogP contribution in [0.25, 0.3) is 0 Å². The van der Waals surface area contributed by atoms with E-state index in [1.807, 2.05) is 47.0 Å². The van der Waals surface area contributed by atoms with E-state index in [1.54, 1.807) is 0 Å². The maximum atomic E-state index is 2.45. The van der Waals surface area contributed by atoms with Gasteiger partial charge in [-0.1, -0.05) is 55.4 Å². The highest BCUT2D eigenvalue weighted by molar-refractivity contribution is 8.03. The van der Waals surface area contributed by atoms with Crippen LogP contribution in [0.15, 0.2) is 0 Å². The van der Waals surface area contributed by atoms with Crippen molar-refractivity contribution in [2.24, 2.45) is 5.41 Å². The summed E-state index contributed by atoms with van der Waals surface area (Å²) < 4.78 is 0.661. The molecule has 0 aliphatic carbocycles. The fourth-order valence-corrected chi connectivity index (χ4v) is 9.64. The Morgan fingerprint density at radius 3 is 0.619 bits per heavy atom. The first kappa shape index (κ1) is 22.4. The largest absolute Gasteiger partial charge is 0.158 e. The molecule has 0 N–H and O–H groups in total. The van der Waals surface area contributed by atoms with Crippen molar-refractivity contribution < 1.29 is 0 Å². The SMILES string of the molecule is CSC(C)(C)C(C(C)(C)SC)(C(C)(C)SC)C(C)(C)SC. The first-order chi connectivity index (χ1) is 9.24. The molecule has 0 spiro atoms. The molecule has 0 atom stereocenters. The Morgan fingerprint density at radius 2 is 0.524 bits per heavy atom. The van der Waals surface area contributed by atoms with Crippen LogP contribution in [0.1, 0.15) is 55.4 Å². The average molecular weight is 369 g/mol. The summed E-state index contributed by atoms with van der Waals surface area (Å²) in [6.07, 6.45) is 9.10. The molecule has 0 radical (unpaired) electrons. The molecule has 0 nitrogen and oxygen atoms in total. The van der Waals surface area contributed by atoms with Gasteiger partial charge in [0, 0.05) is 24.4 Å². The average Bonchev–Trinajstić information content (AvgIpc) is 2.37. The van der Waals surface area contributed by atoms with Crippen LogP contribution in [-0.4, -0.2) is 44.0 Å². The maximum absolute atomic E-state index is 2.45. The summed E-state index contributed by atoms with van der Waals surface area (Å²) in [4.78, 5) is 0. The molecule has 4 heteroatoms. The molecular formula is C17H36S4. The molecule has 0 saturated carbocycles. The predicted octanol–water partition coefficient (Wildman–Crippen LogP) is 6.54. The summed E-state index contributed by atoms with van der Waals surface area (Å²) >= 11 is 8.08. The molecule has 0 saturated heterocycles. The number of hydrogen-bond acceptors (Lipinski definition) is 4. The van der Waals surface area contributed by atoms with Crippen molar-refractivity contribution >= 4 is 47.0 Å². The number of rotatable bonds is 8. The van der Waals surface area contributed by atoms with E-state index in [9.17, 15) is 0 Å². The highest BCUT2D eigenvalue weighted by Gasteiger charge is 2.68. The lowest BCUT2D eigenvalue weighted by Crippen LogP contribution is -2.71. The Morgan fingerprint density at radius 1 is 0.381 bits per heavy atom. The van der Waals surface area contributed by atoms with Crippen LogP contribution in [0, 0.1) is 5.41 Å². The van der Waals surface area contributed by atoms with Gasteiger partial charge in [-0.3, -0.25) is 0 Å². The standard InChI is InChI=1S/C17H36S4/c1-13(2,18-9)17(14(3,4)19-10,15(5,6)20-11)16(7,8)21-12/h1-12H3. The van der Waals surface area contributed by atoms with Gasteiger partial charge in [-0.25, -0.2) is 0 Å². The van der Waals surface area contributed by atoms with Crippen molar-refractivity contribution in [2.45, 2.75) is 74.4 Å². The third kappa shape index (κ3) is 3.30. The van der Waals surface area contributed by atoms with E-state index < -0.39 is 0 Å². The normalized spacial score (nSPS) is 15.4. The van der Waals surface area contributed by atoms with Crippen LogP contribution in [0.2, 0.25) is 0 Å².